The summed E-state index contributed by atoms with van der Waals surface area (Å²) in [6, 6.07) is 0. The second-order valence-corrected chi connectivity index (χ2v) is 4.53. The van der Waals surface area contributed by atoms with Crippen molar-refractivity contribution in [2.24, 2.45) is 5.41 Å². The minimum absolute atomic E-state index is 0.00808. The summed E-state index contributed by atoms with van der Waals surface area (Å²) in [7, 11) is 0. The summed E-state index contributed by atoms with van der Waals surface area (Å²) in [5, 5.41) is 9.04. The number of carbonyl (C=O) groups is 4. The molecule has 0 aliphatic heterocycles. The summed E-state index contributed by atoms with van der Waals surface area (Å²) in [5.41, 5.74) is -1.83. The lowest BCUT2D eigenvalue weighted by atomic mass is 9.78. The fourth-order valence-electron chi connectivity index (χ4n) is 1.95. The van der Waals surface area contributed by atoms with Crippen LogP contribution in [0.5, 0.6) is 0 Å². The van der Waals surface area contributed by atoms with E-state index in [9.17, 15) is 19.2 Å². The predicted molar refractivity (Wildman–Crippen MR) is 73.8 cm³/mol. The van der Waals surface area contributed by atoms with Crippen molar-refractivity contribution in [1.29, 1.82) is 0 Å². The second-order valence-electron chi connectivity index (χ2n) is 4.53. The van der Waals surface area contributed by atoms with Crippen molar-refractivity contribution in [2.45, 2.75) is 40.0 Å². The zero-order valence-corrected chi connectivity index (χ0v) is 13.0. The molecule has 8 nitrogen and oxygen atoms in total. The van der Waals surface area contributed by atoms with Gasteiger partial charge in [0.1, 0.15) is 0 Å². The first-order valence-corrected chi connectivity index (χ1v) is 7.01. The topological polar surface area (TPSA) is 116 Å². The molecule has 0 spiro atoms. The smallest absolute Gasteiger partial charge is 0.313 e. The minimum Gasteiger partial charge on any atom is -0.481 e. The molecule has 1 N–H and O–H groups in total. The van der Waals surface area contributed by atoms with Gasteiger partial charge in [0.05, 0.1) is 44.5 Å². The molecule has 0 atom stereocenters. The molecule has 0 aliphatic carbocycles. The quantitative estimate of drug-likeness (QED) is 0.467. The summed E-state index contributed by atoms with van der Waals surface area (Å²) in [4.78, 5) is 46.7. The van der Waals surface area contributed by atoms with Crippen LogP contribution in [0.25, 0.3) is 0 Å². The van der Waals surface area contributed by atoms with E-state index in [1.807, 2.05) is 0 Å². The van der Waals surface area contributed by atoms with Crippen molar-refractivity contribution in [1.82, 2.24) is 0 Å². The molecule has 126 valence electrons. The molecule has 0 aromatic carbocycles. The van der Waals surface area contributed by atoms with Crippen molar-refractivity contribution in [2.75, 3.05) is 19.8 Å². The van der Waals surface area contributed by atoms with E-state index >= 15 is 0 Å². The maximum Gasteiger partial charge on any atom is 0.313 e. The molecule has 0 aromatic rings. The number of carboxylic acids is 1. The van der Waals surface area contributed by atoms with E-state index in [4.69, 9.17) is 19.3 Å². The lowest BCUT2D eigenvalue weighted by Gasteiger charge is -2.28. The number of hydrogen-bond donors (Lipinski definition) is 1. The van der Waals surface area contributed by atoms with Gasteiger partial charge in [-0.2, -0.15) is 0 Å². The van der Waals surface area contributed by atoms with Crippen LogP contribution in [0.4, 0.5) is 0 Å². The highest BCUT2D eigenvalue weighted by atomic mass is 16.5. The third kappa shape index (κ3) is 6.55. The first-order chi connectivity index (χ1) is 10.3. The van der Waals surface area contributed by atoms with E-state index in [1.54, 1.807) is 13.8 Å². The maximum absolute atomic E-state index is 12.2. The Morgan fingerprint density at radius 1 is 0.773 bits per heavy atom. The lowest BCUT2D eigenvalue weighted by molar-refractivity contribution is -0.170. The molecule has 0 aromatic heterocycles. The van der Waals surface area contributed by atoms with Crippen LogP contribution in [0.1, 0.15) is 40.0 Å². The van der Waals surface area contributed by atoms with Gasteiger partial charge in [-0.25, -0.2) is 0 Å². The first-order valence-electron chi connectivity index (χ1n) is 7.01. The van der Waals surface area contributed by atoms with E-state index < -0.39 is 48.6 Å². The summed E-state index contributed by atoms with van der Waals surface area (Å²) >= 11 is 0. The Balaban J connectivity index is 5.48. The van der Waals surface area contributed by atoms with Crippen molar-refractivity contribution in [3.8, 4) is 0 Å². The Bertz CT molecular complexity index is 395. The van der Waals surface area contributed by atoms with Crippen LogP contribution in [0.3, 0.4) is 0 Å². The first kappa shape index (κ1) is 19.9. The summed E-state index contributed by atoms with van der Waals surface area (Å²) in [6.07, 6.45) is -1.86. The Kier molecular flexibility index (Phi) is 8.81. The molecule has 8 heteroatoms. The molecule has 0 bridgehead atoms. The molecular weight excluding hydrogens is 296 g/mol. The van der Waals surface area contributed by atoms with E-state index in [0.717, 1.165) is 0 Å². The van der Waals surface area contributed by atoms with Crippen LogP contribution < -0.4 is 0 Å². The summed E-state index contributed by atoms with van der Waals surface area (Å²) < 4.78 is 14.4. The van der Waals surface area contributed by atoms with Crippen LogP contribution in [0.2, 0.25) is 0 Å². The van der Waals surface area contributed by atoms with E-state index in [-0.39, 0.29) is 19.8 Å². The highest BCUT2D eigenvalue weighted by molar-refractivity contribution is 5.91. The second kappa shape index (κ2) is 9.75. The number of carbonyl (C=O) groups excluding carboxylic acids is 3. The Labute approximate surface area is 128 Å². The Hall–Kier alpha value is -2.12. The number of rotatable bonds is 10. The number of carboxylic acid groups (broad SMARTS) is 1. The number of hydrogen-bond acceptors (Lipinski definition) is 7. The van der Waals surface area contributed by atoms with Crippen LogP contribution in [-0.4, -0.2) is 48.8 Å². The molecule has 22 heavy (non-hydrogen) atoms. The van der Waals surface area contributed by atoms with Crippen molar-refractivity contribution in [3.63, 3.8) is 0 Å². The molecule has 0 radical (unpaired) electrons. The van der Waals surface area contributed by atoms with Crippen LogP contribution in [0.15, 0.2) is 0 Å². The van der Waals surface area contributed by atoms with Gasteiger partial charge in [0.2, 0.25) is 0 Å². The summed E-state index contributed by atoms with van der Waals surface area (Å²) in [6.45, 7) is 4.83. The molecule has 0 heterocycles. The zero-order chi connectivity index (χ0) is 17.2. The SMILES string of the molecule is CCOC(=O)CC(CC(=O)O)(CC(=O)OCC)C(=O)OCC. The van der Waals surface area contributed by atoms with Gasteiger partial charge < -0.3 is 19.3 Å². The van der Waals surface area contributed by atoms with Crippen LogP contribution in [0, 0.1) is 5.41 Å². The van der Waals surface area contributed by atoms with Gasteiger partial charge in [0.25, 0.3) is 0 Å². The fourth-order valence-corrected chi connectivity index (χ4v) is 1.95. The molecule has 0 aliphatic rings. The molecule has 0 saturated heterocycles. The van der Waals surface area contributed by atoms with Gasteiger partial charge in [-0.15, -0.1) is 0 Å². The van der Waals surface area contributed by atoms with Crippen LogP contribution in [-0.2, 0) is 33.4 Å². The average Bonchev–Trinajstić information content (AvgIpc) is 2.38. The monoisotopic (exact) mass is 318 g/mol. The summed E-state index contributed by atoms with van der Waals surface area (Å²) in [5.74, 6) is -3.82. The molecule has 0 fully saturated rings. The zero-order valence-electron chi connectivity index (χ0n) is 13.0. The van der Waals surface area contributed by atoms with Gasteiger partial charge in [0.15, 0.2) is 0 Å². The molecule has 0 saturated carbocycles. The number of aliphatic carboxylic acids is 1. The normalized spacial score (nSPS) is 10.7. The average molecular weight is 318 g/mol. The predicted octanol–water partition coefficient (Wildman–Crippen LogP) is 0.917. The molecule has 0 rings (SSSR count). The van der Waals surface area contributed by atoms with Gasteiger partial charge in [-0.1, -0.05) is 0 Å². The highest BCUT2D eigenvalue weighted by Crippen LogP contribution is 2.34. The third-order valence-electron chi connectivity index (χ3n) is 2.77. The maximum atomic E-state index is 12.2. The van der Waals surface area contributed by atoms with Gasteiger partial charge in [0, 0.05) is 0 Å². The fraction of sp³-hybridized carbons (Fsp3) is 0.714. The molecule has 0 amide bonds. The highest BCUT2D eigenvalue weighted by Gasteiger charge is 2.46. The van der Waals surface area contributed by atoms with Gasteiger partial charge in [-0.3, -0.25) is 19.2 Å². The standard InChI is InChI=1S/C14H22O8/c1-4-20-11(17)8-14(7-10(15)16,13(19)22-6-3)9-12(18)21-5-2/h4-9H2,1-3H3,(H,15,16). The minimum atomic E-state index is -1.83. The molecular formula is C14H22O8. The van der Waals surface area contributed by atoms with E-state index in [1.165, 1.54) is 6.92 Å². The van der Waals surface area contributed by atoms with Crippen molar-refractivity contribution < 1.29 is 38.5 Å². The largest absolute Gasteiger partial charge is 0.481 e. The Morgan fingerprint density at radius 3 is 1.50 bits per heavy atom. The molecule has 0 unspecified atom stereocenters. The van der Waals surface area contributed by atoms with Crippen molar-refractivity contribution in [3.05, 3.63) is 0 Å². The Morgan fingerprint density at radius 2 is 1.18 bits per heavy atom. The number of esters is 3. The third-order valence-corrected chi connectivity index (χ3v) is 2.77. The van der Waals surface area contributed by atoms with Crippen molar-refractivity contribution >= 4 is 23.9 Å². The van der Waals surface area contributed by atoms with E-state index in [2.05, 4.69) is 0 Å². The van der Waals surface area contributed by atoms with E-state index in [0.29, 0.717) is 0 Å². The van der Waals surface area contributed by atoms with Gasteiger partial charge >= 0.3 is 23.9 Å². The number of ether oxygens (including phenoxy) is 3. The van der Waals surface area contributed by atoms with Crippen LogP contribution >= 0.6 is 0 Å². The lowest BCUT2D eigenvalue weighted by Crippen LogP contribution is -2.40. The van der Waals surface area contributed by atoms with Gasteiger partial charge in [-0.05, 0) is 20.8 Å².